The lowest BCUT2D eigenvalue weighted by Gasteiger charge is -2.26. The van der Waals surface area contributed by atoms with E-state index in [2.05, 4.69) is 42.7 Å². The smallest absolute Gasteiger partial charge is 0.315 e. The third-order valence-corrected chi connectivity index (χ3v) is 5.22. The summed E-state index contributed by atoms with van der Waals surface area (Å²) in [6, 6.07) is 13.4. The molecule has 28 heavy (non-hydrogen) atoms. The molecule has 1 fully saturated rings. The first-order valence-electron chi connectivity index (χ1n) is 9.56. The van der Waals surface area contributed by atoms with Crippen LogP contribution in [0.1, 0.15) is 41.1 Å². The summed E-state index contributed by atoms with van der Waals surface area (Å²) in [6.45, 7) is 5.25. The number of halogens is 1. The van der Waals surface area contributed by atoms with Crippen molar-refractivity contribution in [2.45, 2.75) is 39.3 Å². The number of hydrogen-bond donors (Lipinski definition) is 2. The predicted molar refractivity (Wildman–Crippen MR) is 111 cm³/mol. The van der Waals surface area contributed by atoms with Gasteiger partial charge in [-0.25, -0.2) is 4.79 Å². The highest BCUT2D eigenvalue weighted by molar-refractivity contribution is 6.30. The third-order valence-electron chi connectivity index (χ3n) is 4.97. The Kier molecular flexibility index (Phi) is 6.57. The van der Waals surface area contributed by atoms with Crippen LogP contribution in [0.5, 0.6) is 0 Å². The molecule has 0 spiro atoms. The first-order chi connectivity index (χ1) is 13.4. The summed E-state index contributed by atoms with van der Waals surface area (Å²) in [5.74, 6) is -0.0525. The molecule has 1 heterocycles. The molecule has 1 atom stereocenters. The maximum absolute atomic E-state index is 12.7. The summed E-state index contributed by atoms with van der Waals surface area (Å²) in [7, 11) is 0. The minimum atomic E-state index is -0.356. The highest BCUT2D eigenvalue weighted by Crippen LogP contribution is 2.32. The van der Waals surface area contributed by atoms with Crippen molar-refractivity contribution in [1.29, 1.82) is 0 Å². The fourth-order valence-corrected chi connectivity index (χ4v) is 3.84. The molecular formula is C22H26ClN3O2. The van der Waals surface area contributed by atoms with Crippen LogP contribution in [-0.4, -0.2) is 29.9 Å². The maximum Gasteiger partial charge on any atom is 0.315 e. The zero-order valence-corrected chi connectivity index (χ0v) is 17.1. The van der Waals surface area contributed by atoms with Gasteiger partial charge in [-0.15, -0.1) is 0 Å². The molecule has 1 unspecified atom stereocenters. The third kappa shape index (κ3) is 5.26. The number of rotatable bonds is 5. The van der Waals surface area contributed by atoms with Crippen LogP contribution in [0.25, 0.3) is 0 Å². The van der Waals surface area contributed by atoms with Crippen molar-refractivity contribution in [2.24, 2.45) is 0 Å². The number of carbonyl (C=O) groups is 2. The van der Waals surface area contributed by atoms with Crippen molar-refractivity contribution in [3.63, 3.8) is 0 Å². The lowest BCUT2D eigenvalue weighted by molar-refractivity contribution is -0.131. The Balaban J connectivity index is 1.52. The van der Waals surface area contributed by atoms with Crippen LogP contribution in [-0.2, 0) is 11.3 Å². The van der Waals surface area contributed by atoms with E-state index in [9.17, 15) is 9.59 Å². The zero-order valence-electron chi connectivity index (χ0n) is 16.3. The van der Waals surface area contributed by atoms with E-state index < -0.39 is 0 Å². The molecule has 148 valence electrons. The zero-order chi connectivity index (χ0) is 20.1. The Labute approximate surface area is 171 Å². The van der Waals surface area contributed by atoms with Crippen molar-refractivity contribution >= 4 is 23.5 Å². The number of benzene rings is 2. The van der Waals surface area contributed by atoms with Crippen molar-refractivity contribution < 1.29 is 9.59 Å². The average Bonchev–Trinajstić information content (AvgIpc) is 3.15. The van der Waals surface area contributed by atoms with Gasteiger partial charge in [0.05, 0.1) is 12.6 Å². The normalized spacial score (nSPS) is 16.1. The van der Waals surface area contributed by atoms with Crippen LogP contribution in [0.15, 0.2) is 42.5 Å². The average molecular weight is 400 g/mol. The van der Waals surface area contributed by atoms with Gasteiger partial charge >= 0.3 is 6.03 Å². The Morgan fingerprint density at radius 2 is 1.75 bits per heavy atom. The monoisotopic (exact) mass is 399 g/mol. The van der Waals surface area contributed by atoms with Gasteiger partial charge in [0.15, 0.2) is 0 Å². The van der Waals surface area contributed by atoms with E-state index in [4.69, 9.17) is 11.6 Å². The van der Waals surface area contributed by atoms with Gasteiger partial charge in [0, 0.05) is 18.1 Å². The Morgan fingerprint density at radius 3 is 2.43 bits per heavy atom. The first-order valence-corrected chi connectivity index (χ1v) is 9.94. The van der Waals surface area contributed by atoms with Crippen LogP contribution in [0.3, 0.4) is 0 Å². The number of nitrogens with zero attached hydrogens (tertiary/aromatic N) is 1. The molecule has 1 aliphatic heterocycles. The van der Waals surface area contributed by atoms with Crippen molar-refractivity contribution in [3.8, 4) is 0 Å². The summed E-state index contributed by atoms with van der Waals surface area (Å²) in [5, 5.41) is 6.08. The minimum Gasteiger partial charge on any atom is -0.334 e. The van der Waals surface area contributed by atoms with Gasteiger partial charge in [-0.3, -0.25) is 4.79 Å². The summed E-state index contributed by atoms with van der Waals surface area (Å²) in [5.41, 5.74) is 4.53. The molecule has 1 saturated heterocycles. The Morgan fingerprint density at radius 1 is 1.07 bits per heavy atom. The second-order valence-corrected chi connectivity index (χ2v) is 7.77. The molecule has 0 saturated carbocycles. The topological polar surface area (TPSA) is 61.4 Å². The van der Waals surface area contributed by atoms with Crippen LogP contribution in [0, 0.1) is 13.8 Å². The molecule has 2 N–H and O–H groups in total. The molecular weight excluding hydrogens is 374 g/mol. The number of amides is 3. The van der Waals surface area contributed by atoms with Gasteiger partial charge in [-0.1, -0.05) is 53.1 Å². The number of carbonyl (C=O) groups excluding carboxylic acids is 2. The quantitative estimate of drug-likeness (QED) is 0.794. The van der Waals surface area contributed by atoms with Gasteiger partial charge in [0.2, 0.25) is 5.91 Å². The fourth-order valence-electron chi connectivity index (χ4n) is 3.72. The van der Waals surface area contributed by atoms with E-state index in [1.54, 1.807) is 12.1 Å². The first kappa shape index (κ1) is 20.2. The standard InChI is InChI=1S/C22H26ClN3O2/c1-15-10-16(2)12-18(11-15)20-4-3-9-26(20)21(27)14-25-22(28)24-13-17-5-7-19(23)8-6-17/h5-8,10-12,20H,3-4,9,13-14H2,1-2H3,(H2,24,25,28). The molecule has 6 heteroatoms. The van der Waals surface area contributed by atoms with Gasteiger partial charge in [0.1, 0.15) is 0 Å². The van der Waals surface area contributed by atoms with Gasteiger partial charge in [-0.2, -0.15) is 0 Å². The van der Waals surface area contributed by atoms with E-state index in [1.165, 1.54) is 16.7 Å². The molecule has 0 aromatic heterocycles. The fraction of sp³-hybridized carbons (Fsp3) is 0.364. The second kappa shape index (κ2) is 9.11. The highest BCUT2D eigenvalue weighted by atomic mass is 35.5. The lowest BCUT2D eigenvalue weighted by atomic mass is 9.99. The molecule has 2 aromatic carbocycles. The van der Waals surface area contributed by atoms with E-state index in [0.717, 1.165) is 24.9 Å². The molecule has 1 aliphatic rings. The lowest BCUT2D eigenvalue weighted by Crippen LogP contribution is -2.43. The summed E-state index contributed by atoms with van der Waals surface area (Å²) >= 11 is 5.85. The molecule has 3 amide bonds. The highest BCUT2D eigenvalue weighted by Gasteiger charge is 2.30. The second-order valence-electron chi connectivity index (χ2n) is 7.33. The van der Waals surface area contributed by atoms with Crippen molar-refractivity contribution in [3.05, 3.63) is 69.7 Å². The van der Waals surface area contributed by atoms with E-state index >= 15 is 0 Å². The Hall–Kier alpha value is -2.53. The molecule has 2 aromatic rings. The summed E-state index contributed by atoms with van der Waals surface area (Å²) in [4.78, 5) is 26.6. The number of nitrogens with one attached hydrogen (secondary N) is 2. The van der Waals surface area contributed by atoms with E-state index in [-0.39, 0.29) is 24.5 Å². The predicted octanol–water partition coefficient (Wildman–Crippen LogP) is 4.12. The summed E-state index contributed by atoms with van der Waals surface area (Å²) in [6.07, 6.45) is 1.93. The van der Waals surface area contributed by atoms with Crippen LogP contribution < -0.4 is 10.6 Å². The minimum absolute atomic E-state index is 0.00620. The van der Waals surface area contributed by atoms with Crippen molar-refractivity contribution in [1.82, 2.24) is 15.5 Å². The maximum atomic E-state index is 12.7. The van der Waals surface area contributed by atoms with Gasteiger partial charge < -0.3 is 15.5 Å². The van der Waals surface area contributed by atoms with Gasteiger partial charge in [0.25, 0.3) is 0 Å². The van der Waals surface area contributed by atoms with Crippen LogP contribution >= 0.6 is 11.6 Å². The molecule has 0 radical (unpaired) electrons. The molecule has 0 aliphatic carbocycles. The largest absolute Gasteiger partial charge is 0.334 e. The van der Waals surface area contributed by atoms with Crippen LogP contribution in [0.2, 0.25) is 5.02 Å². The Bertz CT molecular complexity index is 831. The number of aryl methyl sites for hydroxylation is 2. The molecule has 0 bridgehead atoms. The summed E-state index contributed by atoms with van der Waals surface area (Å²) < 4.78 is 0. The van der Waals surface area contributed by atoms with E-state index in [1.807, 2.05) is 17.0 Å². The molecule has 3 rings (SSSR count). The van der Waals surface area contributed by atoms with E-state index in [0.29, 0.717) is 11.6 Å². The SMILES string of the molecule is Cc1cc(C)cc(C2CCCN2C(=O)CNC(=O)NCc2ccc(Cl)cc2)c1. The van der Waals surface area contributed by atoms with Crippen LogP contribution in [0.4, 0.5) is 4.79 Å². The number of urea groups is 1. The number of hydrogen-bond acceptors (Lipinski definition) is 2. The molecule has 5 nitrogen and oxygen atoms in total. The number of likely N-dealkylation sites (tertiary alicyclic amines) is 1. The van der Waals surface area contributed by atoms with Crippen molar-refractivity contribution in [2.75, 3.05) is 13.1 Å². The van der Waals surface area contributed by atoms with Gasteiger partial charge in [-0.05, 0) is 49.9 Å².